The van der Waals surface area contributed by atoms with Gasteiger partial charge in [0.2, 0.25) is 5.91 Å². The van der Waals surface area contributed by atoms with Gasteiger partial charge < -0.3 is 14.7 Å². The molecule has 1 aromatic carbocycles. The molecule has 2 heterocycles. The van der Waals surface area contributed by atoms with Crippen LogP contribution in [0, 0.1) is 0 Å². The van der Waals surface area contributed by atoms with Crippen LogP contribution in [0.2, 0.25) is 0 Å². The number of likely N-dealkylation sites (tertiary alicyclic amines) is 1. The third-order valence-electron chi connectivity index (χ3n) is 4.35. The van der Waals surface area contributed by atoms with Gasteiger partial charge in [0.25, 0.3) is 0 Å². The van der Waals surface area contributed by atoms with Gasteiger partial charge in [-0.3, -0.25) is 9.78 Å². The Hall–Kier alpha value is -2.47. The van der Waals surface area contributed by atoms with Crippen LogP contribution in [-0.4, -0.2) is 52.7 Å². The highest BCUT2D eigenvalue weighted by molar-refractivity contribution is 5.77. The van der Waals surface area contributed by atoms with E-state index in [2.05, 4.69) is 4.98 Å². The zero-order valence-electron chi connectivity index (χ0n) is 13.7. The van der Waals surface area contributed by atoms with Crippen molar-refractivity contribution in [2.24, 2.45) is 0 Å². The van der Waals surface area contributed by atoms with Gasteiger partial charge in [-0.2, -0.15) is 0 Å². The second kappa shape index (κ2) is 7.40. The zero-order chi connectivity index (χ0) is 16.9. The van der Waals surface area contributed by atoms with Gasteiger partial charge in [0, 0.05) is 30.8 Å². The summed E-state index contributed by atoms with van der Waals surface area (Å²) in [6.45, 7) is 0.830. The van der Waals surface area contributed by atoms with E-state index in [0.29, 0.717) is 13.1 Å². The van der Waals surface area contributed by atoms with Crippen LogP contribution in [0.15, 0.2) is 36.7 Å². The fourth-order valence-electron chi connectivity index (χ4n) is 3.04. The Morgan fingerprint density at radius 1 is 1.42 bits per heavy atom. The van der Waals surface area contributed by atoms with Crippen molar-refractivity contribution in [3.05, 3.63) is 42.4 Å². The smallest absolute Gasteiger partial charge is 0.248 e. The monoisotopic (exact) mass is 327 g/mol. The summed E-state index contributed by atoms with van der Waals surface area (Å²) in [5, 5.41) is 9.05. The number of aromatic nitrogens is 2. The minimum atomic E-state index is -0.442. The number of amides is 1. The molecule has 126 valence electrons. The van der Waals surface area contributed by atoms with Crippen molar-refractivity contribution in [1.29, 1.82) is 0 Å². The first-order chi connectivity index (χ1) is 11.7. The predicted molar refractivity (Wildman–Crippen MR) is 89.7 cm³/mol. The molecule has 1 aliphatic heterocycles. The highest BCUT2D eigenvalue weighted by atomic mass is 16.5. The van der Waals surface area contributed by atoms with Gasteiger partial charge in [-0.05, 0) is 25.0 Å². The summed E-state index contributed by atoms with van der Waals surface area (Å²) in [5.41, 5.74) is 2.62. The number of hydrogen-bond donors (Lipinski definition) is 1. The standard InChI is InChI=1S/C18H21N3O3/c1-24-15-6-2-4-13(8-15)16-9-19-10-17(20-16)14-5-3-7-21(11-14)18(23)12-22/h2,4,6,8-10,14,22H,3,5,7,11-12H2,1H3/t14-/m1/s1. The number of hydrogen-bond acceptors (Lipinski definition) is 5. The van der Waals surface area contributed by atoms with Crippen LogP contribution in [0.25, 0.3) is 11.3 Å². The molecule has 0 unspecified atom stereocenters. The number of rotatable bonds is 4. The van der Waals surface area contributed by atoms with E-state index >= 15 is 0 Å². The van der Waals surface area contributed by atoms with Gasteiger partial charge in [0.05, 0.1) is 24.7 Å². The first-order valence-corrected chi connectivity index (χ1v) is 8.06. The van der Waals surface area contributed by atoms with Crippen LogP contribution >= 0.6 is 0 Å². The molecule has 0 saturated carbocycles. The Balaban J connectivity index is 1.83. The average molecular weight is 327 g/mol. The summed E-state index contributed by atoms with van der Waals surface area (Å²) in [5.74, 6) is 0.695. The SMILES string of the molecule is COc1cccc(-c2cncc([C@@H]3CCCN(C(=O)CO)C3)n2)c1. The van der Waals surface area contributed by atoms with E-state index in [4.69, 9.17) is 14.8 Å². The number of benzene rings is 1. The molecule has 6 nitrogen and oxygen atoms in total. The molecule has 24 heavy (non-hydrogen) atoms. The summed E-state index contributed by atoms with van der Waals surface area (Å²) >= 11 is 0. The van der Waals surface area contributed by atoms with Gasteiger partial charge in [-0.25, -0.2) is 4.98 Å². The molecule has 6 heteroatoms. The Morgan fingerprint density at radius 2 is 2.29 bits per heavy atom. The van der Waals surface area contributed by atoms with E-state index in [9.17, 15) is 4.79 Å². The number of aliphatic hydroxyl groups excluding tert-OH is 1. The van der Waals surface area contributed by atoms with Crippen LogP contribution < -0.4 is 4.74 Å². The molecule has 1 fully saturated rings. The third-order valence-corrected chi connectivity index (χ3v) is 4.35. The van der Waals surface area contributed by atoms with Gasteiger partial charge in [0.1, 0.15) is 12.4 Å². The topological polar surface area (TPSA) is 75.5 Å². The molecule has 2 aromatic rings. The number of ether oxygens (including phenoxy) is 1. The lowest BCUT2D eigenvalue weighted by Crippen LogP contribution is -2.40. The number of carbonyl (C=O) groups excluding carboxylic acids is 1. The summed E-state index contributed by atoms with van der Waals surface area (Å²) in [7, 11) is 1.63. The molecular formula is C18H21N3O3. The molecule has 0 bridgehead atoms. The Labute approximate surface area is 141 Å². The molecule has 1 amide bonds. The van der Waals surface area contributed by atoms with Crippen LogP contribution in [-0.2, 0) is 4.79 Å². The molecule has 0 aliphatic carbocycles. The average Bonchev–Trinajstić information content (AvgIpc) is 2.67. The van der Waals surface area contributed by atoms with Crippen molar-refractivity contribution in [3.8, 4) is 17.0 Å². The maximum absolute atomic E-state index is 11.7. The number of piperidine rings is 1. The van der Waals surface area contributed by atoms with E-state index in [1.807, 2.05) is 24.3 Å². The number of methoxy groups -OCH3 is 1. The van der Waals surface area contributed by atoms with Crippen LogP contribution in [0.3, 0.4) is 0 Å². The summed E-state index contributed by atoms with van der Waals surface area (Å²) in [6, 6.07) is 7.71. The molecule has 0 radical (unpaired) electrons. The summed E-state index contributed by atoms with van der Waals surface area (Å²) < 4.78 is 5.26. The molecule has 1 atom stereocenters. The van der Waals surface area contributed by atoms with Gasteiger partial charge >= 0.3 is 0 Å². The second-order valence-corrected chi connectivity index (χ2v) is 5.90. The quantitative estimate of drug-likeness (QED) is 0.927. The summed E-state index contributed by atoms with van der Waals surface area (Å²) in [6.07, 6.45) is 5.37. The van der Waals surface area contributed by atoms with E-state index in [1.54, 1.807) is 24.4 Å². The normalized spacial score (nSPS) is 17.6. The van der Waals surface area contributed by atoms with Crippen molar-refractivity contribution in [2.45, 2.75) is 18.8 Å². The largest absolute Gasteiger partial charge is 0.497 e. The van der Waals surface area contributed by atoms with E-state index in [-0.39, 0.29) is 11.8 Å². The molecule has 1 aromatic heterocycles. The van der Waals surface area contributed by atoms with Crippen molar-refractivity contribution >= 4 is 5.91 Å². The molecular weight excluding hydrogens is 306 g/mol. The maximum atomic E-state index is 11.7. The number of nitrogens with zero attached hydrogens (tertiary/aromatic N) is 3. The molecule has 1 aliphatic rings. The van der Waals surface area contributed by atoms with E-state index in [0.717, 1.165) is 35.5 Å². The predicted octanol–water partition coefficient (Wildman–Crippen LogP) is 1.85. The second-order valence-electron chi connectivity index (χ2n) is 5.90. The minimum Gasteiger partial charge on any atom is -0.497 e. The lowest BCUT2D eigenvalue weighted by molar-refractivity contribution is -0.135. The Kier molecular flexibility index (Phi) is 5.05. The lowest BCUT2D eigenvalue weighted by Gasteiger charge is -2.32. The van der Waals surface area contributed by atoms with E-state index < -0.39 is 6.61 Å². The zero-order valence-corrected chi connectivity index (χ0v) is 13.7. The number of aliphatic hydroxyl groups is 1. The Morgan fingerprint density at radius 3 is 3.08 bits per heavy atom. The van der Waals surface area contributed by atoms with Crippen molar-refractivity contribution in [3.63, 3.8) is 0 Å². The van der Waals surface area contributed by atoms with Crippen LogP contribution in [0.1, 0.15) is 24.5 Å². The van der Waals surface area contributed by atoms with Crippen molar-refractivity contribution in [2.75, 3.05) is 26.8 Å². The molecule has 1 saturated heterocycles. The highest BCUT2D eigenvalue weighted by Gasteiger charge is 2.25. The summed E-state index contributed by atoms with van der Waals surface area (Å²) in [4.78, 5) is 22.5. The van der Waals surface area contributed by atoms with Gasteiger partial charge in [-0.1, -0.05) is 12.1 Å². The first kappa shape index (κ1) is 16.4. The van der Waals surface area contributed by atoms with Gasteiger partial charge in [0.15, 0.2) is 0 Å². The van der Waals surface area contributed by atoms with Crippen molar-refractivity contribution < 1.29 is 14.6 Å². The lowest BCUT2D eigenvalue weighted by atomic mass is 9.94. The fourth-order valence-corrected chi connectivity index (χ4v) is 3.04. The van der Waals surface area contributed by atoms with Crippen LogP contribution in [0.5, 0.6) is 5.75 Å². The maximum Gasteiger partial charge on any atom is 0.248 e. The van der Waals surface area contributed by atoms with Crippen molar-refractivity contribution in [1.82, 2.24) is 14.9 Å². The third kappa shape index (κ3) is 3.54. The van der Waals surface area contributed by atoms with Crippen LogP contribution in [0.4, 0.5) is 0 Å². The first-order valence-electron chi connectivity index (χ1n) is 8.06. The van der Waals surface area contributed by atoms with E-state index in [1.165, 1.54) is 0 Å². The molecule has 1 N–H and O–H groups in total. The number of carbonyl (C=O) groups is 1. The molecule has 3 rings (SSSR count). The highest BCUT2D eigenvalue weighted by Crippen LogP contribution is 2.28. The Bertz CT molecular complexity index is 720. The fraction of sp³-hybridized carbons (Fsp3) is 0.389. The minimum absolute atomic E-state index is 0.146. The van der Waals surface area contributed by atoms with Gasteiger partial charge in [-0.15, -0.1) is 0 Å². The molecule has 0 spiro atoms.